The van der Waals surface area contributed by atoms with Crippen molar-refractivity contribution < 1.29 is 13.5 Å². The van der Waals surface area contributed by atoms with Crippen LogP contribution in [-0.4, -0.2) is 13.5 Å². The van der Waals surface area contributed by atoms with Gasteiger partial charge in [0.2, 0.25) is 9.84 Å². The third-order valence-electron chi connectivity index (χ3n) is 3.54. The Balaban J connectivity index is 2.19. The lowest BCUT2D eigenvalue weighted by Gasteiger charge is -2.10. The third-order valence-corrected chi connectivity index (χ3v) is 5.39. The molecule has 2 aromatic carbocycles. The van der Waals surface area contributed by atoms with Crippen LogP contribution in [0.2, 0.25) is 0 Å². The molecule has 0 saturated heterocycles. The zero-order valence-corrected chi connectivity index (χ0v) is 11.1. The van der Waals surface area contributed by atoms with Gasteiger partial charge in [0.25, 0.3) is 0 Å². The molecule has 98 valence electrons. The van der Waals surface area contributed by atoms with E-state index in [0.29, 0.717) is 22.6 Å². The van der Waals surface area contributed by atoms with Crippen molar-refractivity contribution in [1.29, 1.82) is 0 Å². The first kappa shape index (κ1) is 12.4. The molecule has 0 bridgehead atoms. The summed E-state index contributed by atoms with van der Waals surface area (Å²) < 4.78 is 25.2. The molecule has 1 aliphatic carbocycles. The first-order chi connectivity index (χ1) is 9.10. The molecule has 2 aromatic rings. The molecular weight excluding hydrogens is 260 g/mol. The molecule has 0 heterocycles. The topological polar surface area (TPSA) is 54.4 Å². The van der Waals surface area contributed by atoms with Gasteiger partial charge < -0.3 is 5.11 Å². The molecule has 0 spiro atoms. The van der Waals surface area contributed by atoms with Crippen LogP contribution >= 0.6 is 0 Å². The number of aliphatic hydroxyl groups is 1. The average Bonchev–Trinajstić information content (AvgIpc) is 2.81. The summed E-state index contributed by atoms with van der Waals surface area (Å²) in [4.78, 5) is 0.623. The quantitative estimate of drug-likeness (QED) is 0.915. The Morgan fingerprint density at radius 2 is 1.74 bits per heavy atom. The average molecular weight is 274 g/mol. The van der Waals surface area contributed by atoms with Crippen molar-refractivity contribution in [1.82, 2.24) is 0 Å². The van der Waals surface area contributed by atoms with Gasteiger partial charge >= 0.3 is 0 Å². The Labute approximate surface area is 112 Å². The fourth-order valence-corrected chi connectivity index (χ4v) is 4.15. The highest BCUT2D eigenvalue weighted by Crippen LogP contribution is 2.36. The van der Waals surface area contributed by atoms with Gasteiger partial charge in [-0.05, 0) is 42.2 Å². The van der Waals surface area contributed by atoms with E-state index in [-0.39, 0.29) is 0 Å². The fourth-order valence-electron chi connectivity index (χ4n) is 2.58. The second-order valence-electron chi connectivity index (χ2n) is 4.69. The number of hydrogen-bond donors (Lipinski definition) is 1. The fraction of sp³-hybridized carbons (Fsp3) is 0.200. The van der Waals surface area contributed by atoms with Crippen LogP contribution < -0.4 is 0 Å². The molecule has 4 heteroatoms. The predicted molar refractivity (Wildman–Crippen MR) is 71.6 cm³/mol. The zero-order valence-electron chi connectivity index (χ0n) is 10.3. The van der Waals surface area contributed by atoms with Gasteiger partial charge in [-0.15, -0.1) is 0 Å². The van der Waals surface area contributed by atoms with E-state index in [1.807, 2.05) is 0 Å². The van der Waals surface area contributed by atoms with Crippen molar-refractivity contribution in [2.24, 2.45) is 0 Å². The third kappa shape index (κ3) is 1.97. The maximum Gasteiger partial charge on any atom is 0.206 e. The minimum absolute atomic E-state index is 0.296. The van der Waals surface area contributed by atoms with Gasteiger partial charge in [0, 0.05) is 0 Å². The summed E-state index contributed by atoms with van der Waals surface area (Å²) in [6, 6.07) is 13.5. The SMILES string of the molecule is O=S(=O)(c1ccccc1)c1cccc2c1CC[C@@H]2O. The molecule has 0 aliphatic heterocycles. The van der Waals surface area contributed by atoms with Crippen molar-refractivity contribution in [2.75, 3.05) is 0 Å². The first-order valence-electron chi connectivity index (χ1n) is 6.20. The molecule has 1 atom stereocenters. The van der Waals surface area contributed by atoms with E-state index < -0.39 is 15.9 Å². The molecular formula is C15H14O3S. The van der Waals surface area contributed by atoms with Crippen molar-refractivity contribution in [2.45, 2.75) is 28.7 Å². The summed E-state index contributed by atoms with van der Waals surface area (Å²) in [5.74, 6) is 0. The lowest BCUT2D eigenvalue weighted by atomic mass is 10.1. The van der Waals surface area contributed by atoms with E-state index in [2.05, 4.69) is 0 Å². The highest BCUT2D eigenvalue weighted by molar-refractivity contribution is 7.91. The van der Waals surface area contributed by atoms with E-state index in [1.54, 1.807) is 48.5 Å². The molecule has 1 aliphatic rings. The van der Waals surface area contributed by atoms with Crippen LogP contribution in [-0.2, 0) is 16.3 Å². The minimum Gasteiger partial charge on any atom is -0.388 e. The number of aliphatic hydroxyl groups excluding tert-OH is 1. The van der Waals surface area contributed by atoms with Gasteiger partial charge in [-0.25, -0.2) is 8.42 Å². The molecule has 3 rings (SSSR count). The van der Waals surface area contributed by atoms with Crippen molar-refractivity contribution in [3.05, 3.63) is 59.7 Å². The van der Waals surface area contributed by atoms with Gasteiger partial charge in [0.05, 0.1) is 15.9 Å². The van der Waals surface area contributed by atoms with Gasteiger partial charge in [-0.1, -0.05) is 30.3 Å². The Hall–Kier alpha value is -1.65. The summed E-state index contributed by atoms with van der Waals surface area (Å²) in [7, 11) is -3.50. The highest BCUT2D eigenvalue weighted by atomic mass is 32.2. The maximum atomic E-state index is 12.6. The standard InChI is InChI=1S/C15H14O3S/c16-14-10-9-13-12(14)7-4-8-15(13)19(17,18)11-5-2-1-3-6-11/h1-8,14,16H,9-10H2/t14-/m0/s1. The van der Waals surface area contributed by atoms with E-state index in [4.69, 9.17) is 0 Å². The number of hydrogen-bond acceptors (Lipinski definition) is 3. The molecule has 0 unspecified atom stereocenters. The normalized spacial score (nSPS) is 18.3. The monoisotopic (exact) mass is 274 g/mol. The second kappa shape index (κ2) is 4.47. The molecule has 0 radical (unpaired) electrons. The van der Waals surface area contributed by atoms with E-state index in [0.717, 1.165) is 11.1 Å². The van der Waals surface area contributed by atoms with Crippen LogP contribution in [0.1, 0.15) is 23.7 Å². The Morgan fingerprint density at radius 3 is 2.47 bits per heavy atom. The van der Waals surface area contributed by atoms with Crippen molar-refractivity contribution >= 4 is 9.84 Å². The van der Waals surface area contributed by atoms with E-state index in [1.165, 1.54) is 0 Å². The lowest BCUT2D eigenvalue weighted by Crippen LogP contribution is -2.05. The number of benzene rings is 2. The Kier molecular flexibility index (Phi) is 2.92. The lowest BCUT2D eigenvalue weighted by molar-refractivity contribution is 0.180. The van der Waals surface area contributed by atoms with Crippen LogP contribution in [0.3, 0.4) is 0 Å². The minimum atomic E-state index is -3.50. The number of sulfone groups is 1. The van der Waals surface area contributed by atoms with E-state index in [9.17, 15) is 13.5 Å². The summed E-state index contributed by atoms with van der Waals surface area (Å²) in [6.45, 7) is 0. The maximum absolute atomic E-state index is 12.6. The second-order valence-corrected chi connectivity index (χ2v) is 6.61. The first-order valence-corrected chi connectivity index (χ1v) is 7.69. The van der Waals surface area contributed by atoms with Crippen LogP contribution in [0.4, 0.5) is 0 Å². The molecule has 3 nitrogen and oxygen atoms in total. The predicted octanol–water partition coefficient (Wildman–Crippen LogP) is 2.50. The van der Waals surface area contributed by atoms with E-state index >= 15 is 0 Å². The van der Waals surface area contributed by atoms with Gasteiger partial charge in [-0.2, -0.15) is 0 Å². The van der Waals surface area contributed by atoms with Crippen molar-refractivity contribution in [3.63, 3.8) is 0 Å². The summed E-state index contributed by atoms with van der Waals surface area (Å²) in [6.07, 6.45) is 0.663. The molecule has 1 N–H and O–H groups in total. The summed E-state index contributed by atoms with van der Waals surface area (Å²) in [5.41, 5.74) is 1.51. The molecule has 0 fully saturated rings. The van der Waals surface area contributed by atoms with Crippen LogP contribution in [0.25, 0.3) is 0 Å². The van der Waals surface area contributed by atoms with Gasteiger partial charge in [0.15, 0.2) is 0 Å². The summed E-state index contributed by atoms with van der Waals surface area (Å²) >= 11 is 0. The van der Waals surface area contributed by atoms with Gasteiger partial charge in [-0.3, -0.25) is 0 Å². The smallest absolute Gasteiger partial charge is 0.206 e. The largest absolute Gasteiger partial charge is 0.388 e. The summed E-state index contributed by atoms with van der Waals surface area (Å²) in [5, 5.41) is 9.85. The van der Waals surface area contributed by atoms with Crippen LogP contribution in [0.15, 0.2) is 58.3 Å². The molecule has 19 heavy (non-hydrogen) atoms. The Morgan fingerprint density at radius 1 is 1.00 bits per heavy atom. The van der Waals surface area contributed by atoms with Crippen LogP contribution in [0, 0.1) is 0 Å². The van der Waals surface area contributed by atoms with Gasteiger partial charge in [0.1, 0.15) is 0 Å². The molecule has 0 saturated carbocycles. The number of fused-ring (bicyclic) bond motifs is 1. The Bertz CT molecular complexity index is 705. The highest BCUT2D eigenvalue weighted by Gasteiger charge is 2.28. The number of rotatable bonds is 2. The molecule has 0 aromatic heterocycles. The zero-order chi connectivity index (χ0) is 13.5. The molecule has 0 amide bonds. The van der Waals surface area contributed by atoms with Crippen molar-refractivity contribution in [3.8, 4) is 0 Å². The van der Waals surface area contributed by atoms with Crippen LogP contribution in [0.5, 0.6) is 0 Å².